The van der Waals surface area contributed by atoms with Gasteiger partial charge < -0.3 is 15.5 Å². The van der Waals surface area contributed by atoms with Gasteiger partial charge in [0.2, 0.25) is 11.8 Å². The number of piperazine rings is 1. The first kappa shape index (κ1) is 19.7. The summed E-state index contributed by atoms with van der Waals surface area (Å²) in [5, 5.41) is 9.16. The number of nitrogens with zero attached hydrogens (tertiary/aromatic N) is 4. The Morgan fingerprint density at radius 1 is 1.31 bits per heavy atom. The number of nitrogens with two attached hydrogens (primary N) is 1. The summed E-state index contributed by atoms with van der Waals surface area (Å²) in [6.07, 6.45) is 2.07. The van der Waals surface area contributed by atoms with E-state index in [2.05, 4.69) is 6.07 Å². The standard InChI is InChI=1S/C20H23F2N5O2/c21-13-4-12(5-14(22)6-13)9-27-16-7-18(20(27)29)25(10-16)11-17(24)19(28)26-3-1-2-15(26)8-23/h4-6,15-18H,1-3,7,9-11,24H2/t15-,16-,17-,18-/m0/s1. The highest BCUT2D eigenvalue weighted by molar-refractivity contribution is 5.86. The van der Waals surface area contributed by atoms with Crippen LogP contribution in [0.2, 0.25) is 0 Å². The zero-order valence-corrected chi connectivity index (χ0v) is 15.9. The molecule has 3 heterocycles. The van der Waals surface area contributed by atoms with Gasteiger partial charge in [0.05, 0.1) is 18.2 Å². The minimum Gasteiger partial charge on any atom is -0.333 e. The molecule has 0 unspecified atom stereocenters. The monoisotopic (exact) mass is 403 g/mol. The molecule has 3 saturated heterocycles. The maximum absolute atomic E-state index is 13.4. The average Bonchev–Trinajstić information content (AvgIpc) is 3.36. The van der Waals surface area contributed by atoms with Gasteiger partial charge in [-0.05, 0) is 37.0 Å². The summed E-state index contributed by atoms with van der Waals surface area (Å²) in [5.41, 5.74) is 6.53. The van der Waals surface area contributed by atoms with Crippen molar-refractivity contribution in [3.05, 3.63) is 35.4 Å². The van der Waals surface area contributed by atoms with Crippen LogP contribution in [0.15, 0.2) is 18.2 Å². The number of hydrogen-bond acceptors (Lipinski definition) is 5. The van der Waals surface area contributed by atoms with Gasteiger partial charge in [0.25, 0.3) is 0 Å². The van der Waals surface area contributed by atoms with E-state index in [-0.39, 0.29) is 37.0 Å². The van der Waals surface area contributed by atoms with Crippen molar-refractivity contribution in [1.29, 1.82) is 5.26 Å². The molecule has 0 aromatic heterocycles. The van der Waals surface area contributed by atoms with E-state index in [9.17, 15) is 18.4 Å². The zero-order valence-electron chi connectivity index (χ0n) is 15.9. The summed E-state index contributed by atoms with van der Waals surface area (Å²) in [5.74, 6) is -1.70. The smallest absolute Gasteiger partial charge is 0.241 e. The van der Waals surface area contributed by atoms with Crippen LogP contribution >= 0.6 is 0 Å². The molecule has 0 aliphatic carbocycles. The van der Waals surface area contributed by atoms with Gasteiger partial charge in [0.1, 0.15) is 17.7 Å². The lowest BCUT2D eigenvalue weighted by Crippen LogP contribution is -2.56. The maximum atomic E-state index is 13.4. The summed E-state index contributed by atoms with van der Waals surface area (Å²) in [6, 6.07) is 3.75. The zero-order chi connectivity index (χ0) is 20.7. The van der Waals surface area contributed by atoms with Crippen LogP contribution in [0.4, 0.5) is 8.78 Å². The third-order valence-corrected chi connectivity index (χ3v) is 6.10. The second-order valence-electron chi connectivity index (χ2n) is 8.03. The lowest BCUT2D eigenvalue weighted by molar-refractivity contribution is -0.139. The van der Waals surface area contributed by atoms with Crippen molar-refractivity contribution < 1.29 is 18.4 Å². The van der Waals surface area contributed by atoms with Crippen LogP contribution in [0.5, 0.6) is 0 Å². The van der Waals surface area contributed by atoms with Crippen molar-refractivity contribution in [3.63, 3.8) is 0 Å². The van der Waals surface area contributed by atoms with E-state index >= 15 is 0 Å². The molecule has 2 amide bonds. The fraction of sp³-hybridized carbons (Fsp3) is 0.550. The Labute approximate surface area is 167 Å². The number of rotatable bonds is 5. The van der Waals surface area contributed by atoms with Gasteiger partial charge in [-0.2, -0.15) is 5.26 Å². The minimum atomic E-state index is -0.790. The largest absolute Gasteiger partial charge is 0.333 e. The number of carbonyl (C=O) groups is 2. The van der Waals surface area contributed by atoms with E-state index < -0.39 is 23.7 Å². The van der Waals surface area contributed by atoms with Crippen molar-refractivity contribution in [3.8, 4) is 6.07 Å². The molecule has 0 saturated carbocycles. The molecular weight excluding hydrogens is 380 g/mol. The number of halogens is 2. The first-order valence-electron chi connectivity index (χ1n) is 9.82. The third-order valence-electron chi connectivity index (χ3n) is 6.10. The second kappa shape index (κ2) is 7.69. The van der Waals surface area contributed by atoms with E-state index in [0.29, 0.717) is 31.5 Å². The highest BCUT2D eigenvalue weighted by atomic mass is 19.1. The summed E-state index contributed by atoms with van der Waals surface area (Å²) < 4.78 is 26.9. The predicted octanol–water partition coefficient (Wildman–Crippen LogP) is 0.592. The molecule has 2 bridgehead atoms. The lowest BCUT2D eigenvalue weighted by atomic mass is 10.1. The van der Waals surface area contributed by atoms with Crippen LogP contribution in [-0.4, -0.2) is 70.3 Å². The predicted molar refractivity (Wildman–Crippen MR) is 99.0 cm³/mol. The van der Waals surface area contributed by atoms with Crippen LogP contribution in [0, 0.1) is 23.0 Å². The highest BCUT2D eigenvalue weighted by Crippen LogP contribution is 2.33. The van der Waals surface area contributed by atoms with Gasteiger partial charge in [-0.1, -0.05) is 0 Å². The molecule has 7 nitrogen and oxygen atoms in total. The first-order valence-corrected chi connectivity index (χ1v) is 9.82. The number of fused-ring (bicyclic) bond motifs is 2. The van der Waals surface area contributed by atoms with Gasteiger partial charge in [0.15, 0.2) is 0 Å². The summed E-state index contributed by atoms with van der Waals surface area (Å²) in [7, 11) is 0. The number of amides is 2. The molecule has 9 heteroatoms. The van der Waals surface area contributed by atoms with Crippen LogP contribution in [0.1, 0.15) is 24.8 Å². The summed E-state index contributed by atoms with van der Waals surface area (Å²) in [6.45, 7) is 1.51. The second-order valence-corrected chi connectivity index (χ2v) is 8.03. The molecule has 3 aliphatic rings. The normalized spacial score (nSPS) is 27.5. The third kappa shape index (κ3) is 3.70. The van der Waals surface area contributed by atoms with Gasteiger partial charge in [-0.15, -0.1) is 0 Å². The number of carbonyl (C=O) groups excluding carboxylic acids is 2. The molecular formula is C20H23F2N5O2. The Morgan fingerprint density at radius 3 is 2.69 bits per heavy atom. The summed E-state index contributed by atoms with van der Waals surface area (Å²) >= 11 is 0. The Hall–Kier alpha value is -2.57. The minimum absolute atomic E-state index is 0.0697. The SMILES string of the molecule is N#C[C@@H]1CCCN1C(=O)[C@@H](N)CN1C[C@@H]2C[C@H]1C(=O)N2Cc1cc(F)cc(F)c1. The molecule has 3 fully saturated rings. The molecule has 0 radical (unpaired) electrons. The fourth-order valence-electron chi connectivity index (χ4n) is 4.75. The molecule has 1 aromatic rings. The van der Waals surface area contributed by atoms with E-state index in [1.807, 2.05) is 4.90 Å². The highest BCUT2D eigenvalue weighted by Gasteiger charge is 2.50. The molecule has 4 rings (SSSR count). The number of likely N-dealkylation sites (tertiary alicyclic amines) is 3. The van der Waals surface area contributed by atoms with E-state index in [4.69, 9.17) is 11.0 Å². The number of benzene rings is 1. The maximum Gasteiger partial charge on any atom is 0.241 e. The van der Waals surface area contributed by atoms with Gasteiger partial charge in [-0.3, -0.25) is 14.5 Å². The fourth-order valence-corrected chi connectivity index (χ4v) is 4.75. The van der Waals surface area contributed by atoms with E-state index in [0.717, 1.165) is 12.5 Å². The summed E-state index contributed by atoms with van der Waals surface area (Å²) in [4.78, 5) is 30.5. The molecule has 3 aliphatic heterocycles. The van der Waals surface area contributed by atoms with Crippen LogP contribution in [0.3, 0.4) is 0 Å². The van der Waals surface area contributed by atoms with Crippen molar-refractivity contribution >= 4 is 11.8 Å². The van der Waals surface area contributed by atoms with Gasteiger partial charge in [-0.25, -0.2) is 8.78 Å². The number of nitriles is 1. The first-order chi connectivity index (χ1) is 13.9. The van der Waals surface area contributed by atoms with Gasteiger partial charge >= 0.3 is 0 Å². The Bertz CT molecular complexity index is 853. The van der Waals surface area contributed by atoms with Gasteiger partial charge in [0, 0.05) is 38.3 Å². The Balaban J connectivity index is 1.37. The van der Waals surface area contributed by atoms with Crippen LogP contribution in [0.25, 0.3) is 0 Å². The topological polar surface area (TPSA) is 93.7 Å². The molecule has 154 valence electrons. The van der Waals surface area contributed by atoms with Crippen LogP contribution < -0.4 is 5.73 Å². The van der Waals surface area contributed by atoms with Crippen LogP contribution in [-0.2, 0) is 16.1 Å². The lowest BCUT2D eigenvalue weighted by Gasteiger charge is -2.35. The van der Waals surface area contributed by atoms with Crippen molar-refractivity contribution in [2.45, 2.75) is 50.0 Å². The number of hydrogen-bond donors (Lipinski definition) is 1. The Morgan fingerprint density at radius 2 is 2.03 bits per heavy atom. The molecule has 1 aromatic carbocycles. The molecule has 4 atom stereocenters. The van der Waals surface area contributed by atoms with Crippen molar-refractivity contribution in [2.75, 3.05) is 19.6 Å². The molecule has 0 spiro atoms. The molecule has 29 heavy (non-hydrogen) atoms. The Kier molecular flexibility index (Phi) is 5.23. The van der Waals surface area contributed by atoms with E-state index in [1.165, 1.54) is 17.0 Å². The van der Waals surface area contributed by atoms with Crippen molar-refractivity contribution in [2.24, 2.45) is 5.73 Å². The van der Waals surface area contributed by atoms with E-state index in [1.54, 1.807) is 4.90 Å². The average molecular weight is 403 g/mol. The quantitative estimate of drug-likeness (QED) is 0.777. The van der Waals surface area contributed by atoms with Crippen molar-refractivity contribution in [1.82, 2.24) is 14.7 Å². The molecule has 2 N–H and O–H groups in total.